The van der Waals surface area contributed by atoms with Crippen LogP contribution in [0.25, 0.3) is 0 Å². The number of carbonyl (C=O) groups excluding carboxylic acids is 1. The molecule has 2 aliphatic rings. The quantitative estimate of drug-likeness (QED) is 0.769. The number of carbonyl (C=O) groups is 1. The van der Waals surface area contributed by atoms with E-state index >= 15 is 0 Å². The Labute approximate surface area is 159 Å². The molecule has 0 saturated carbocycles. The zero-order valence-electron chi connectivity index (χ0n) is 15.0. The van der Waals surface area contributed by atoms with E-state index < -0.39 is 5.60 Å². The van der Waals surface area contributed by atoms with Gasteiger partial charge in [-0.3, -0.25) is 4.79 Å². The lowest BCUT2D eigenvalue weighted by molar-refractivity contribution is -0.154. The van der Waals surface area contributed by atoms with Crippen LogP contribution in [0.5, 0.6) is 0 Å². The molecule has 0 radical (unpaired) electrons. The molecular weight excluding hydrogens is 361 g/mol. The fraction of sp³-hybridized carbons (Fsp3) is 0.632. The van der Waals surface area contributed by atoms with Crippen molar-refractivity contribution in [1.82, 2.24) is 5.32 Å². The monoisotopic (exact) mass is 385 g/mol. The summed E-state index contributed by atoms with van der Waals surface area (Å²) >= 11 is 12.7. The van der Waals surface area contributed by atoms with Crippen LogP contribution in [-0.4, -0.2) is 30.8 Å². The molecule has 25 heavy (non-hydrogen) atoms. The van der Waals surface area contributed by atoms with Gasteiger partial charge in [0.2, 0.25) is 0 Å². The van der Waals surface area contributed by atoms with Crippen molar-refractivity contribution in [3.05, 3.63) is 33.3 Å². The van der Waals surface area contributed by atoms with Gasteiger partial charge in [0.1, 0.15) is 11.2 Å². The number of nitrogens with one attached hydrogen (secondary N) is 1. The van der Waals surface area contributed by atoms with Gasteiger partial charge < -0.3 is 14.8 Å². The van der Waals surface area contributed by atoms with Crippen LogP contribution in [0.3, 0.4) is 0 Å². The van der Waals surface area contributed by atoms with E-state index in [-0.39, 0.29) is 11.6 Å². The number of hydrogen-bond donors (Lipinski definition) is 1. The molecule has 1 aromatic rings. The smallest absolute Gasteiger partial charge is 0.306 e. The average molecular weight is 386 g/mol. The van der Waals surface area contributed by atoms with Crippen molar-refractivity contribution in [3.63, 3.8) is 0 Å². The fourth-order valence-corrected chi connectivity index (χ4v) is 4.12. The summed E-state index contributed by atoms with van der Waals surface area (Å²) in [5, 5.41) is 4.58. The summed E-state index contributed by atoms with van der Waals surface area (Å²) in [6.45, 7) is 7.12. The number of ether oxygens (including phenoxy) is 2. The van der Waals surface area contributed by atoms with Crippen LogP contribution in [0.2, 0.25) is 10.0 Å². The molecule has 138 valence electrons. The van der Waals surface area contributed by atoms with Crippen LogP contribution >= 0.6 is 23.2 Å². The molecule has 6 heteroatoms. The standard InChI is InChI=1S/C19H25Cl2NO3/c1-18(2,3)25-16(23)6-4-5-13-14(7-8-15(20)17(13)21)19-9-12(10-24-19)22-11-19/h7-8,12,22H,4-6,9-11H2,1-3H3. The molecule has 2 saturated heterocycles. The minimum atomic E-state index is -0.461. The first-order chi connectivity index (χ1) is 11.7. The van der Waals surface area contributed by atoms with Gasteiger partial charge in [-0.1, -0.05) is 29.3 Å². The second-order valence-electron chi connectivity index (χ2n) is 7.91. The number of benzene rings is 1. The van der Waals surface area contributed by atoms with E-state index in [1.54, 1.807) is 0 Å². The van der Waals surface area contributed by atoms with Gasteiger partial charge in [0, 0.05) is 19.0 Å². The van der Waals surface area contributed by atoms with Gasteiger partial charge >= 0.3 is 5.97 Å². The average Bonchev–Trinajstić information content (AvgIpc) is 3.11. The second kappa shape index (κ2) is 7.07. The van der Waals surface area contributed by atoms with E-state index in [0.717, 1.165) is 30.7 Å². The summed E-state index contributed by atoms with van der Waals surface area (Å²) in [4.78, 5) is 12.0. The van der Waals surface area contributed by atoms with E-state index in [1.165, 1.54) is 0 Å². The first-order valence-corrected chi connectivity index (χ1v) is 9.52. The molecule has 0 aliphatic carbocycles. The molecule has 1 N–H and O–H groups in total. The van der Waals surface area contributed by atoms with Crippen molar-refractivity contribution in [2.45, 2.75) is 63.7 Å². The van der Waals surface area contributed by atoms with Crippen LogP contribution < -0.4 is 5.32 Å². The lowest BCUT2D eigenvalue weighted by atomic mass is 9.87. The molecule has 3 rings (SSSR count). The molecule has 0 spiro atoms. The lowest BCUT2D eigenvalue weighted by Crippen LogP contribution is -2.38. The number of rotatable bonds is 5. The first-order valence-electron chi connectivity index (χ1n) is 8.77. The third kappa shape index (κ3) is 4.13. The van der Waals surface area contributed by atoms with E-state index in [9.17, 15) is 4.79 Å². The molecule has 0 aromatic heterocycles. The third-order valence-electron chi connectivity index (χ3n) is 4.73. The summed E-state index contributed by atoms with van der Waals surface area (Å²) in [6.07, 6.45) is 2.64. The number of fused-ring (bicyclic) bond motifs is 2. The molecule has 4 nitrogen and oxygen atoms in total. The van der Waals surface area contributed by atoms with Crippen molar-refractivity contribution >= 4 is 29.2 Å². The van der Waals surface area contributed by atoms with Crippen molar-refractivity contribution in [3.8, 4) is 0 Å². The van der Waals surface area contributed by atoms with Gasteiger partial charge in [0.05, 0.1) is 16.7 Å². The van der Waals surface area contributed by atoms with Gasteiger partial charge in [-0.05, 0) is 57.2 Å². The summed E-state index contributed by atoms with van der Waals surface area (Å²) in [5.74, 6) is -0.190. The minimum absolute atomic E-state index is 0.190. The van der Waals surface area contributed by atoms with Crippen molar-refractivity contribution in [2.75, 3.05) is 13.2 Å². The molecular formula is C19H25Cl2NO3. The Bertz CT molecular complexity index is 661. The highest BCUT2D eigenvalue weighted by atomic mass is 35.5. The molecule has 2 aliphatic heterocycles. The molecule has 2 unspecified atom stereocenters. The van der Waals surface area contributed by atoms with Gasteiger partial charge in [-0.25, -0.2) is 0 Å². The highest BCUT2D eigenvalue weighted by Crippen LogP contribution is 2.44. The molecule has 2 bridgehead atoms. The van der Waals surface area contributed by atoms with Crippen LogP contribution in [0.1, 0.15) is 51.2 Å². The lowest BCUT2D eigenvalue weighted by Gasteiger charge is -2.30. The van der Waals surface area contributed by atoms with Crippen molar-refractivity contribution < 1.29 is 14.3 Å². The molecule has 1 aromatic carbocycles. The zero-order valence-corrected chi connectivity index (χ0v) is 16.5. The Kier molecular flexibility index (Phi) is 5.36. The summed E-state index contributed by atoms with van der Waals surface area (Å²) in [7, 11) is 0. The summed E-state index contributed by atoms with van der Waals surface area (Å²) in [6, 6.07) is 4.26. The van der Waals surface area contributed by atoms with E-state index in [2.05, 4.69) is 5.32 Å². The highest BCUT2D eigenvalue weighted by Gasteiger charge is 2.48. The number of morpholine rings is 1. The van der Waals surface area contributed by atoms with Gasteiger partial charge in [0.25, 0.3) is 0 Å². The largest absolute Gasteiger partial charge is 0.460 e. The summed E-state index contributed by atoms with van der Waals surface area (Å²) in [5.41, 5.74) is 1.30. The van der Waals surface area contributed by atoms with Gasteiger partial charge in [0.15, 0.2) is 0 Å². The first kappa shape index (κ1) is 19.0. The fourth-order valence-electron chi connectivity index (χ4n) is 3.69. The molecule has 2 heterocycles. The number of halogens is 2. The third-order valence-corrected chi connectivity index (χ3v) is 5.57. The summed E-state index contributed by atoms with van der Waals surface area (Å²) < 4.78 is 11.5. The van der Waals surface area contributed by atoms with E-state index in [0.29, 0.717) is 35.3 Å². The second-order valence-corrected chi connectivity index (χ2v) is 8.70. The minimum Gasteiger partial charge on any atom is -0.460 e. The Morgan fingerprint density at radius 1 is 1.40 bits per heavy atom. The molecule has 0 amide bonds. The number of hydrogen-bond acceptors (Lipinski definition) is 4. The SMILES string of the molecule is CC(C)(C)OC(=O)CCCc1c(C23CNC(CO2)C3)ccc(Cl)c1Cl. The zero-order chi connectivity index (χ0) is 18.2. The maximum absolute atomic E-state index is 12.0. The predicted octanol–water partition coefficient (Wildman–Crippen LogP) is 4.25. The Morgan fingerprint density at radius 3 is 2.72 bits per heavy atom. The van der Waals surface area contributed by atoms with E-state index in [1.807, 2.05) is 32.9 Å². The van der Waals surface area contributed by atoms with Crippen LogP contribution in [-0.2, 0) is 26.3 Å². The maximum atomic E-state index is 12.0. The Balaban J connectivity index is 1.74. The maximum Gasteiger partial charge on any atom is 0.306 e. The molecule has 2 atom stereocenters. The van der Waals surface area contributed by atoms with Crippen molar-refractivity contribution in [1.29, 1.82) is 0 Å². The van der Waals surface area contributed by atoms with Crippen molar-refractivity contribution in [2.24, 2.45) is 0 Å². The topological polar surface area (TPSA) is 47.6 Å². The van der Waals surface area contributed by atoms with Gasteiger partial charge in [-0.15, -0.1) is 0 Å². The highest BCUT2D eigenvalue weighted by molar-refractivity contribution is 6.42. The van der Waals surface area contributed by atoms with Crippen LogP contribution in [0, 0.1) is 0 Å². The predicted molar refractivity (Wildman–Crippen MR) is 99.3 cm³/mol. The van der Waals surface area contributed by atoms with Crippen LogP contribution in [0.15, 0.2) is 12.1 Å². The van der Waals surface area contributed by atoms with Crippen LogP contribution in [0.4, 0.5) is 0 Å². The Morgan fingerprint density at radius 2 is 2.16 bits per heavy atom. The number of esters is 1. The van der Waals surface area contributed by atoms with E-state index in [4.69, 9.17) is 32.7 Å². The normalized spacial score (nSPS) is 25.4. The van der Waals surface area contributed by atoms with Gasteiger partial charge in [-0.2, -0.15) is 0 Å². The molecule has 2 fully saturated rings. The Hall–Kier alpha value is -0.810.